The van der Waals surface area contributed by atoms with Crippen molar-refractivity contribution in [1.82, 2.24) is 10.1 Å². The van der Waals surface area contributed by atoms with Crippen molar-refractivity contribution in [3.63, 3.8) is 0 Å². The summed E-state index contributed by atoms with van der Waals surface area (Å²) in [5.41, 5.74) is 2.48. The van der Waals surface area contributed by atoms with E-state index >= 15 is 0 Å². The minimum Gasteiger partial charge on any atom is -0.334 e. The van der Waals surface area contributed by atoms with Gasteiger partial charge in [-0.2, -0.15) is 4.98 Å². The van der Waals surface area contributed by atoms with E-state index in [9.17, 15) is 4.39 Å². The van der Waals surface area contributed by atoms with Crippen LogP contribution in [0.2, 0.25) is 0 Å². The highest BCUT2D eigenvalue weighted by Crippen LogP contribution is 2.26. The highest BCUT2D eigenvalue weighted by atomic mass is 19.1. The Morgan fingerprint density at radius 3 is 2.18 bits per heavy atom. The van der Waals surface area contributed by atoms with E-state index < -0.39 is 0 Å². The number of rotatable bonds is 2. The number of hydrogen-bond acceptors (Lipinski definition) is 3. The fourth-order valence-corrected chi connectivity index (χ4v) is 2.12. The zero-order valence-corrected chi connectivity index (χ0v) is 12.8. The van der Waals surface area contributed by atoms with Crippen LogP contribution in [0.15, 0.2) is 53.1 Å². The van der Waals surface area contributed by atoms with Gasteiger partial charge in [0.15, 0.2) is 5.82 Å². The maximum Gasteiger partial charge on any atom is 0.257 e. The van der Waals surface area contributed by atoms with Crippen LogP contribution in [0.1, 0.15) is 26.6 Å². The summed E-state index contributed by atoms with van der Waals surface area (Å²) < 4.78 is 18.6. The average Bonchev–Trinajstić information content (AvgIpc) is 2.97. The molecule has 0 bridgehead atoms. The first-order chi connectivity index (χ1) is 10.4. The molecule has 0 amide bonds. The summed E-state index contributed by atoms with van der Waals surface area (Å²) in [7, 11) is 0. The van der Waals surface area contributed by atoms with Crippen molar-refractivity contribution < 1.29 is 8.91 Å². The van der Waals surface area contributed by atoms with Gasteiger partial charge in [0.1, 0.15) is 5.82 Å². The van der Waals surface area contributed by atoms with Gasteiger partial charge >= 0.3 is 0 Å². The Labute approximate surface area is 128 Å². The number of benzene rings is 2. The molecule has 0 aliphatic heterocycles. The molecule has 0 saturated carbocycles. The largest absolute Gasteiger partial charge is 0.334 e. The first kappa shape index (κ1) is 14.4. The van der Waals surface area contributed by atoms with Crippen LogP contribution in [0.5, 0.6) is 0 Å². The van der Waals surface area contributed by atoms with E-state index in [1.807, 2.05) is 51.1 Å². The molecule has 3 nitrogen and oxygen atoms in total. The molecule has 0 radical (unpaired) electrons. The van der Waals surface area contributed by atoms with E-state index in [0.717, 1.165) is 16.7 Å². The molecule has 22 heavy (non-hydrogen) atoms. The Bertz CT molecular complexity index is 785. The molecule has 1 heterocycles. The van der Waals surface area contributed by atoms with Crippen molar-refractivity contribution in [3.8, 4) is 22.6 Å². The van der Waals surface area contributed by atoms with Crippen LogP contribution in [0.3, 0.4) is 0 Å². The van der Waals surface area contributed by atoms with Crippen LogP contribution in [-0.2, 0) is 5.41 Å². The molecule has 1 aromatic heterocycles. The lowest BCUT2D eigenvalue weighted by molar-refractivity contribution is 0.402. The summed E-state index contributed by atoms with van der Waals surface area (Å²) in [4.78, 5) is 4.43. The van der Waals surface area contributed by atoms with E-state index in [1.54, 1.807) is 6.07 Å². The highest BCUT2D eigenvalue weighted by molar-refractivity contribution is 5.67. The predicted molar refractivity (Wildman–Crippen MR) is 83.8 cm³/mol. The minimum atomic E-state index is -0.242. The van der Waals surface area contributed by atoms with Crippen molar-refractivity contribution in [1.29, 1.82) is 0 Å². The van der Waals surface area contributed by atoms with Crippen molar-refractivity contribution in [2.75, 3.05) is 0 Å². The van der Waals surface area contributed by atoms with Gasteiger partial charge in [-0.25, -0.2) is 4.39 Å². The molecule has 0 spiro atoms. The second kappa shape index (κ2) is 5.37. The van der Waals surface area contributed by atoms with Crippen molar-refractivity contribution >= 4 is 0 Å². The maximum absolute atomic E-state index is 13.3. The Kier molecular flexibility index (Phi) is 3.53. The molecule has 4 heteroatoms. The molecule has 0 fully saturated rings. The second-order valence-electron chi connectivity index (χ2n) is 6.26. The van der Waals surface area contributed by atoms with Crippen molar-refractivity contribution in [2.24, 2.45) is 0 Å². The number of aromatic nitrogens is 2. The van der Waals surface area contributed by atoms with Crippen LogP contribution in [0.4, 0.5) is 4.39 Å². The molecule has 0 aliphatic rings. The molecule has 0 aliphatic carbocycles. The van der Waals surface area contributed by atoms with Gasteiger partial charge in [-0.15, -0.1) is 0 Å². The van der Waals surface area contributed by atoms with Gasteiger partial charge in [0.25, 0.3) is 5.89 Å². The van der Waals surface area contributed by atoms with Crippen LogP contribution in [0, 0.1) is 5.82 Å². The zero-order chi connectivity index (χ0) is 15.7. The van der Waals surface area contributed by atoms with Gasteiger partial charge in [-0.3, -0.25) is 0 Å². The molecule has 2 aromatic carbocycles. The Hall–Kier alpha value is -2.49. The van der Waals surface area contributed by atoms with E-state index in [4.69, 9.17) is 4.52 Å². The molecule has 0 unspecified atom stereocenters. The highest BCUT2D eigenvalue weighted by Gasteiger charge is 2.21. The summed E-state index contributed by atoms with van der Waals surface area (Å²) in [5.74, 6) is 0.931. The van der Waals surface area contributed by atoms with Crippen LogP contribution >= 0.6 is 0 Å². The molecule has 3 rings (SSSR count). The second-order valence-corrected chi connectivity index (χ2v) is 6.26. The fourth-order valence-electron chi connectivity index (χ4n) is 2.12. The molecular formula is C18H17FN2O. The summed E-state index contributed by atoms with van der Waals surface area (Å²) in [6.07, 6.45) is 0. The summed E-state index contributed by atoms with van der Waals surface area (Å²) in [6.45, 7) is 6.11. The summed E-state index contributed by atoms with van der Waals surface area (Å²) >= 11 is 0. The van der Waals surface area contributed by atoms with Crippen LogP contribution < -0.4 is 0 Å². The lowest BCUT2D eigenvalue weighted by atomic mass is 9.96. The van der Waals surface area contributed by atoms with Gasteiger partial charge in [-0.05, 0) is 35.4 Å². The summed E-state index contributed by atoms with van der Waals surface area (Å²) in [6, 6.07) is 14.2. The Morgan fingerprint density at radius 2 is 1.59 bits per heavy atom. The van der Waals surface area contributed by atoms with Crippen molar-refractivity contribution in [2.45, 2.75) is 26.2 Å². The van der Waals surface area contributed by atoms with E-state index in [1.165, 1.54) is 12.1 Å². The number of hydrogen-bond donors (Lipinski definition) is 0. The normalized spacial score (nSPS) is 11.6. The number of nitrogens with zero attached hydrogens (tertiary/aromatic N) is 2. The SMILES string of the molecule is CC(C)(C)c1noc(-c2ccc(-c3cccc(F)c3)cc2)n1. The van der Waals surface area contributed by atoms with Crippen LogP contribution in [0.25, 0.3) is 22.6 Å². The third kappa shape index (κ3) is 2.91. The third-order valence-electron chi connectivity index (χ3n) is 3.39. The average molecular weight is 296 g/mol. The molecule has 0 atom stereocenters. The first-order valence-electron chi connectivity index (χ1n) is 7.14. The standard InChI is InChI=1S/C18H17FN2O/c1-18(2,3)17-20-16(22-21-17)13-9-7-12(8-10-13)14-5-4-6-15(19)11-14/h4-11H,1-3H3. The monoisotopic (exact) mass is 296 g/mol. The third-order valence-corrected chi connectivity index (χ3v) is 3.39. The van der Waals surface area contributed by atoms with Gasteiger partial charge in [0, 0.05) is 11.0 Å². The molecule has 0 N–H and O–H groups in total. The van der Waals surface area contributed by atoms with Crippen LogP contribution in [-0.4, -0.2) is 10.1 Å². The van der Waals surface area contributed by atoms with Gasteiger partial charge in [0.2, 0.25) is 0 Å². The van der Waals surface area contributed by atoms with Gasteiger partial charge < -0.3 is 4.52 Å². The first-order valence-corrected chi connectivity index (χ1v) is 7.14. The summed E-state index contributed by atoms with van der Waals surface area (Å²) in [5, 5.41) is 4.02. The smallest absolute Gasteiger partial charge is 0.257 e. The topological polar surface area (TPSA) is 38.9 Å². The lowest BCUT2D eigenvalue weighted by Crippen LogP contribution is -2.13. The molecule has 3 aromatic rings. The minimum absolute atomic E-state index is 0.150. The number of halogens is 1. The lowest BCUT2D eigenvalue weighted by Gasteiger charge is -2.10. The Balaban J connectivity index is 1.90. The quantitative estimate of drug-likeness (QED) is 0.679. The van der Waals surface area contributed by atoms with Crippen molar-refractivity contribution in [3.05, 3.63) is 60.2 Å². The fraction of sp³-hybridized carbons (Fsp3) is 0.222. The van der Waals surface area contributed by atoms with E-state index in [0.29, 0.717) is 11.7 Å². The molecule has 0 saturated heterocycles. The molecule has 112 valence electrons. The maximum atomic E-state index is 13.3. The molecular weight excluding hydrogens is 279 g/mol. The van der Waals surface area contributed by atoms with Gasteiger partial charge in [0.05, 0.1) is 0 Å². The zero-order valence-electron chi connectivity index (χ0n) is 12.8. The predicted octanol–water partition coefficient (Wildman–Crippen LogP) is 4.84. The Morgan fingerprint density at radius 1 is 0.909 bits per heavy atom. The van der Waals surface area contributed by atoms with E-state index in [-0.39, 0.29) is 11.2 Å². The van der Waals surface area contributed by atoms with E-state index in [2.05, 4.69) is 10.1 Å². The van der Waals surface area contributed by atoms with Gasteiger partial charge in [-0.1, -0.05) is 50.2 Å².